The van der Waals surface area contributed by atoms with Gasteiger partial charge in [-0.05, 0) is 54.3 Å². The SMILES string of the molecule is CCc1ccc2c(c1)c(=O)oc1cc(OCc3cc(C)cc(OC)c3)c(OC)cc12. The fraction of sp³-hybridized carbons (Fsp3) is 0.240. The molecule has 0 aliphatic rings. The first kappa shape index (κ1) is 19.8. The number of ether oxygens (including phenoxy) is 3. The first-order chi connectivity index (χ1) is 14.5. The van der Waals surface area contributed by atoms with Crippen molar-refractivity contribution in [3.05, 3.63) is 75.6 Å². The number of benzene rings is 3. The number of methoxy groups -OCH3 is 2. The summed E-state index contributed by atoms with van der Waals surface area (Å²) in [6.45, 7) is 4.39. The van der Waals surface area contributed by atoms with Crippen LogP contribution in [0.5, 0.6) is 17.2 Å². The summed E-state index contributed by atoms with van der Waals surface area (Å²) in [4.78, 5) is 12.6. The zero-order chi connectivity index (χ0) is 21.3. The fourth-order valence-corrected chi connectivity index (χ4v) is 3.67. The third-order valence-corrected chi connectivity index (χ3v) is 5.21. The summed E-state index contributed by atoms with van der Waals surface area (Å²) in [6, 6.07) is 15.4. The van der Waals surface area contributed by atoms with Crippen molar-refractivity contribution < 1.29 is 18.6 Å². The second kappa shape index (κ2) is 8.11. The predicted octanol–water partition coefficient (Wildman–Crippen LogP) is 5.41. The van der Waals surface area contributed by atoms with Gasteiger partial charge in [-0.25, -0.2) is 4.79 Å². The Bertz CT molecular complexity index is 1290. The Balaban J connectivity index is 1.76. The summed E-state index contributed by atoms with van der Waals surface area (Å²) < 4.78 is 22.5. The van der Waals surface area contributed by atoms with Gasteiger partial charge in [0.2, 0.25) is 0 Å². The molecular weight excluding hydrogens is 380 g/mol. The van der Waals surface area contributed by atoms with E-state index in [1.165, 1.54) is 0 Å². The summed E-state index contributed by atoms with van der Waals surface area (Å²) in [5.74, 6) is 1.87. The normalized spacial score (nSPS) is 11.1. The predicted molar refractivity (Wildman–Crippen MR) is 118 cm³/mol. The van der Waals surface area contributed by atoms with Gasteiger partial charge in [0.1, 0.15) is 17.9 Å². The van der Waals surface area contributed by atoms with Crippen molar-refractivity contribution in [3.63, 3.8) is 0 Å². The van der Waals surface area contributed by atoms with Crippen LogP contribution in [-0.4, -0.2) is 14.2 Å². The molecule has 0 fully saturated rings. The van der Waals surface area contributed by atoms with E-state index in [0.29, 0.717) is 29.1 Å². The minimum atomic E-state index is -0.354. The zero-order valence-corrected chi connectivity index (χ0v) is 17.6. The Labute approximate surface area is 174 Å². The maximum atomic E-state index is 12.6. The van der Waals surface area contributed by atoms with Crippen molar-refractivity contribution in [2.75, 3.05) is 14.2 Å². The van der Waals surface area contributed by atoms with Gasteiger partial charge in [0.25, 0.3) is 0 Å². The van der Waals surface area contributed by atoms with Gasteiger partial charge in [-0.2, -0.15) is 0 Å². The molecule has 0 saturated heterocycles. The molecular formula is C25H24O5. The van der Waals surface area contributed by atoms with Crippen LogP contribution < -0.4 is 19.8 Å². The van der Waals surface area contributed by atoms with E-state index in [1.54, 1.807) is 20.3 Å². The van der Waals surface area contributed by atoms with Gasteiger partial charge in [-0.15, -0.1) is 0 Å². The van der Waals surface area contributed by atoms with Gasteiger partial charge in [-0.1, -0.05) is 25.1 Å². The molecule has 0 unspecified atom stereocenters. The molecule has 1 aromatic heterocycles. The van der Waals surface area contributed by atoms with Gasteiger partial charge in [0.15, 0.2) is 11.5 Å². The summed E-state index contributed by atoms with van der Waals surface area (Å²) in [5, 5.41) is 2.23. The lowest BCUT2D eigenvalue weighted by molar-refractivity contribution is 0.284. The molecule has 0 aliphatic heterocycles. The third kappa shape index (κ3) is 3.71. The molecule has 0 N–H and O–H groups in total. The molecule has 5 heteroatoms. The molecule has 0 atom stereocenters. The van der Waals surface area contributed by atoms with Crippen LogP contribution in [0.4, 0.5) is 0 Å². The van der Waals surface area contributed by atoms with E-state index in [-0.39, 0.29) is 5.63 Å². The third-order valence-electron chi connectivity index (χ3n) is 5.21. The Kier molecular flexibility index (Phi) is 5.36. The van der Waals surface area contributed by atoms with Gasteiger partial charge >= 0.3 is 5.63 Å². The van der Waals surface area contributed by atoms with E-state index in [4.69, 9.17) is 18.6 Å². The van der Waals surface area contributed by atoms with Gasteiger partial charge in [-0.3, -0.25) is 0 Å². The Morgan fingerprint density at radius 2 is 1.67 bits per heavy atom. The van der Waals surface area contributed by atoms with Crippen molar-refractivity contribution in [3.8, 4) is 17.2 Å². The molecule has 5 nitrogen and oxygen atoms in total. The average molecular weight is 404 g/mol. The molecule has 30 heavy (non-hydrogen) atoms. The van der Waals surface area contributed by atoms with Gasteiger partial charge in [0.05, 0.1) is 19.6 Å². The maximum Gasteiger partial charge on any atom is 0.344 e. The van der Waals surface area contributed by atoms with Crippen molar-refractivity contribution in [1.82, 2.24) is 0 Å². The molecule has 0 spiro atoms. The highest BCUT2D eigenvalue weighted by atomic mass is 16.5. The quantitative estimate of drug-likeness (QED) is 0.318. The molecule has 4 aromatic rings. The second-order valence-corrected chi connectivity index (χ2v) is 7.27. The van der Waals surface area contributed by atoms with Crippen LogP contribution in [0, 0.1) is 6.92 Å². The van der Waals surface area contributed by atoms with E-state index in [0.717, 1.165) is 39.6 Å². The van der Waals surface area contributed by atoms with Crippen LogP contribution >= 0.6 is 0 Å². The van der Waals surface area contributed by atoms with Gasteiger partial charge < -0.3 is 18.6 Å². The molecule has 0 amide bonds. The summed E-state index contributed by atoms with van der Waals surface area (Å²) in [7, 11) is 3.24. The van der Waals surface area contributed by atoms with Crippen molar-refractivity contribution in [2.45, 2.75) is 26.9 Å². The fourth-order valence-electron chi connectivity index (χ4n) is 3.67. The lowest BCUT2D eigenvalue weighted by atomic mass is 10.0. The van der Waals surface area contributed by atoms with Crippen LogP contribution in [-0.2, 0) is 13.0 Å². The van der Waals surface area contributed by atoms with Crippen LogP contribution in [0.3, 0.4) is 0 Å². The van der Waals surface area contributed by atoms with Crippen LogP contribution in [0.2, 0.25) is 0 Å². The number of fused-ring (bicyclic) bond motifs is 3. The molecule has 0 bridgehead atoms. The van der Waals surface area contributed by atoms with Crippen molar-refractivity contribution in [1.29, 1.82) is 0 Å². The van der Waals surface area contributed by atoms with E-state index in [9.17, 15) is 4.79 Å². The minimum absolute atomic E-state index is 0.331. The summed E-state index contributed by atoms with van der Waals surface area (Å²) >= 11 is 0. The van der Waals surface area contributed by atoms with Crippen molar-refractivity contribution in [2.24, 2.45) is 0 Å². The Morgan fingerprint density at radius 1 is 0.833 bits per heavy atom. The number of hydrogen-bond acceptors (Lipinski definition) is 5. The summed E-state index contributed by atoms with van der Waals surface area (Å²) in [5.41, 5.74) is 3.26. The van der Waals surface area contributed by atoms with Crippen LogP contribution in [0.25, 0.3) is 21.7 Å². The number of hydrogen-bond donors (Lipinski definition) is 0. The second-order valence-electron chi connectivity index (χ2n) is 7.27. The Hall–Kier alpha value is -3.47. The van der Waals surface area contributed by atoms with Crippen molar-refractivity contribution >= 4 is 21.7 Å². The lowest BCUT2D eigenvalue weighted by Gasteiger charge is -2.13. The molecule has 4 rings (SSSR count). The van der Waals surface area contributed by atoms with Crippen LogP contribution in [0.1, 0.15) is 23.6 Å². The zero-order valence-electron chi connectivity index (χ0n) is 17.6. The first-order valence-corrected chi connectivity index (χ1v) is 9.87. The minimum Gasteiger partial charge on any atom is -0.497 e. The highest BCUT2D eigenvalue weighted by molar-refractivity contribution is 6.05. The number of aryl methyl sites for hydroxylation is 2. The average Bonchev–Trinajstić information content (AvgIpc) is 2.76. The smallest absolute Gasteiger partial charge is 0.344 e. The van der Waals surface area contributed by atoms with E-state index in [1.807, 2.05) is 49.4 Å². The molecule has 0 radical (unpaired) electrons. The monoisotopic (exact) mass is 404 g/mol. The first-order valence-electron chi connectivity index (χ1n) is 9.87. The number of rotatable bonds is 6. The molecule has 0 aliphatic carbocycles. The highest BCUT2D eigenvalue weighted by Crippen LogP contribution is 2.35. The molecule has 3 aromatic carbocycles. The van der Waals surface area contributed by atoms with Crippen LogP contribution in [0.15, 0.2) is 57.7 Å². The summed E-state index contributed by atoms with van der Waals surface area (Å²) in [6.07, 6.45) is 0.854. The Morgan fingerprint density at radius 3 is 2.40 bits per heavy atom. The van der Waals surface area contributed by atoms with Gasteiger partial charge in [0, 0.05) is 16.8 Å². The molecule has 154 valence electrons. The van der Waals surface area contributed by atoms with E-state index in [2.05, 4.69) is 6.92 Å². The lowest BCUT2D eigenvalue weighted by Crippen LogP contribution is -2.02. The molecule has 1 heterocycles. The van der Waals surface area contributed by atoms with E-state index >= 15 is 0 Å². The molecule has 0 saturated carbocycles. The topological polar surface area (TPSA) is 57.9 Å². The highest BCUT2D eigenvalue weighted by Gasteiger charge is 2.14. The maximum absolute atomic E-state index is 12.6. The van der Waals surface area contributed by atoms with E-state index < -0.39 is 0 Å². The standard InChI is InChI=1S/C25H24O5/c1-5-16-6-7-19-20-12-23(28-4)24(13-22(20)30-25(26)21(19)11-16)29-14-17-8-15(2)9-18(10-17)27-3/h6-13H,5,14H2,1-4H3. The largest absolute Gasteiger partial charge is 0.497 e.